The van der Waals surface area contributed by atoms with Crippen molar-refractivity contribution in [3.05, 3.63) is 48.3 Å². The zero-order valence-electron chi connectivity index (χ0n) is 10.5. The number of methoxy groups -OCH3 is 1. The average molecular weight is 297 g/mol. The molecule has 0 aliphatic rings. The molecule has 0 radical (unpaired) electrons. The summed E-state index contributed by atoms with van der Waals surface area (Å²) in [6, 6.07) is 9.73. The van der Waals surface area contributed by atoms with Gasteiger partial charge in [-0.3, -0.25) is 4.72 Å². The van der Waals surface area contributed by atoms with Crippen LogP contribution in [0.25, 0.3) is 0 Å². The Labute approximate surface area is 115 Å². The summed E-state index contributed by atoms with van der Waals surface area (Å²) in [5.41, 5.74) is -0.0407. The van der Waals surface area contributed by atoms with Crippen LogP contribution in [0.4, 0.5) is 10.1 Å². The van der Waals surface area contributed by atoms with Crippen LogP contribution in [0, 0.1) is 5.82 Å². The molecule has 0 amide bonds. The predicted octanol–water partition coefficient (Wildman–Crippen LogP) is 2.34. The second-order valence-electron chi connectivity index (χ2n) is 3.93. The maximum atomic E-state index is 13.4. The molecule has 7 heteroatoms. The Bertz CT molecular complexity index is 717. The molecular weight excluding hydrogens is 285 g/mol. The minimum absolute atomic E-state index is 0.0407. The number of hydrogen-bond donors (Lipinski definition) is 2. The summed E-state index contributed by atoms with van der Waals surface area (Å²) in [4.78, 5) is 0.0486. The number of phenols is 1. The molecule has 0 saturated carbocycles. The predicted molar refractivity (Wildman–Crippen MR) is 71.9 cm³/mol. The molecule has 0 aromatic heterocycles. The van der Waals surface area contributed by atoms with E-state index in [9.17, 15) is 17.9 Å². The van der Waals surface area contributed by atoms with E-state index in [2.05, 4.69) is 4.72 Å². The van der Waals surface area contributed by atoms with Crippen molar-refractivity contribution in [1.82, 2.24) is 0 Å². The van der Waals surface area contributed by atoms with Crippen molar-refractivity contribution >= 4 is 15.7 Å². The van der Waals surface area contributed by atoms with Gasteiger partial charge in [0.15, 0.2) is 17.3 Å². The molecule has 2 aromatic carbocycles. The summed E-state index contributed by atoms with van der Waals surface area (Å²) >= 11 is 0. The van der Waals surface area contributed by atoms with Crippen LogP contribution in [0.15, 0.2) is 47.4 Å². The number of aromatic hydroxyl groups is 1. The van der Waals surface area contributed by atoms with E-state index in [4.69, 9.17) is 4.74 Å². The third-order valence-electron chi connectivity index (χ3n) is 2.55. The monoisotopic (exact) mass is 297 g/mol. The molecule has 0 aliphatic heterocycles. The van der Waals surface area contributed by atoms with Crippen LogP contribution in [0.1, 0.15) is 0 Å². The van der Waals surface area contributed by atoms with Crippen LogP contribution in [0.2, 0.25) is 0 Å². The Kier molecular flexibility index (Phi) is 3.80. The van der Waals surface area contributed by atoms with Gasteiger partial charge in [-0.1, -0.05) is 18.2 Å². The first kappa shape index (κ1) is 14.1. The summed E-state index contributed by atoms with van der Waals surface area (Å²) in [5.74, 6) is -1.80. The topological polar surface area (TPSA) is 75.6 Å². The second-order valence-corrected chi connectivity index (χ2v) is 5.61. The van der Waals surface area contributed by atoms with Gasteiger partial charge in [0.1, 0.15) is 0 Å². The standard InChI is InChI=1S/C13H12FNO4S/c1-19-12-8-9(7-11(14)13(12)16)15-20(17,18)10-5-3-2-4-6-10/h2-8,15-16H,1H3. The van der Waals surface area contributed by atoms with E-state index in [0.717, 1.165) is 6.07 Å². The van der Waals surface area contributed by atoms with Gasteiger partial charge in [-0.05, 0) is 12.1 Å². The Morgan fingerprint density at radius 1 is 1.20 bits per heavy atom. The average Bonchev–Trinajstić information content (AvgIpc) is 2.43. The van der Waals surface area contributed by atoms with E-state index >= 15 is 0 Å². The molecule has 106 valence electrons. The van der Waals surface area contributed by atoms with Crippen LogP contribution in [0.5, 0.6) is 11.5 Å². The van der Waals surface area contributed by atoms with E-state index in [1.165, 1.54) is 25.3 Å². The maximum absolute atomic E-state index is 13.4. The highest BCUT2D eigenvalue weighted by Gasteiger charge is 2.17. The van der Waals surface area contributed by atoms with Gasteiger partial charge in [0.05, 0.1) is 17.7 Å². The Morgan fingerprint density at radius 2 is 1.85 bits per heavy atom. The van der Waals surface area contributed by atoms with Crippen molar-refractivity contribution in [2.45, 2.75) is 4.90 Å². The number of rotatable bonds is 4. The van der Waals surface area contributed by atoms with E-state index in [1.54, 1.807) is 18.2 Å². The number of nitrogens with one attached hydrogen (secondary N) is 1. The van der Waals surface area contributed by atoms with Crippen molar-refractivity contribution < 1.29 is 22.7 Å². The van der Waals surface area contributed by atoms with Crippen LogP contribution in [-0.2, 0) is 10.0 Å². The molecule has 0 saturated heterocycles. The van der Waals surface area contributed by atoms with Crippen molar-refractivity contribution in [2.24, 2.45) is 0 Å². The molecule has 0 atom stereocenters. The summed E-state index contributed by atoms with van der Waals surface area (Å²) in [6.07, 6.45) is 0. The highest BCUT2D eigenvalue weighted by atomic mass is 32.2. The Balaban J connectivity index is 2.38. The second kappa shape index (κ2) is 5.38. The van der Waals surface area contributed by atoms with Gasteiger partial charge in [0, 0.05) is 12.1 Å². The molecule has 0 heterocycles. The van der Waals surface area contributed by atoms with Crippen molar-refractivity contribution in [3.8, 4) is 11.5 Å². The lowest BCUT2D eigenvalue weighted by atomic mass is 10.3. The lowest BCUT2D eigenvalue weighted by molar-refractivity contribution is 0.357. The van der Waals surface area contributed by atoms with Gasteiger partial charge in [-0.25, -0.2) is 12.8 Å². The van der Waals surface area contributed by atoms with Crippen molar-refractivity contribution in [3.63, 3.8) is 0 Å². The van der Waals surface area contributed by atoms with E-state index in [-0.39, 0.29) is 16.3 Å². The van der Waals surface area contributed by atoms with Gasteiger partial charge in [0.25, 0.3) is 10.0 Å². The fourth-order valence-corrected chi connectivity index (χ4v) is 2.66. The zero-order chi connectivity index (χ0) is 14.8. The largest absolute Gasteiger partial charge is 0.502 e. The summed E-state index contributed by atoms with van der Waals surface area (Å²) in [6.45, 7) is 0. The molecule has 2 N–H and O–H groups in total. The molecule has 2 aromatic rings. The van der Waals surface area contributed by atoms with Crippen LogP contribution < -0.4 is 9.46 Å². The highest BCUT2D eigenvalue weighted by molar-refractivity contribution is 7.92. The van der Waals surface area contributed by atoms with Gasteiger partial charge >= 0.3 is 0 Å². The van der Waals surface area contributed by atoms with Crippen LogP contribution in [0.3, 0.4) is 0 Å². The summed E-state index contributed by atoms with van der Waals surface area (Å²) < 4.78 is 44.5. The van der Waals surface area contributed by atoms with E-state index < -0.39 is 21.6 Å². The van der Waals surface area contributed by atoms with E-state index in [1.807, 2.05) is 0 Å². The van der Waals surface area contributed by atoms with Gasteiger partial charge < -0.3 is 9.84 Å². The molecule has 0 fully saturated rings. The summed E-state index contributed by atoms with van der Waals surface area (Å²) in [7, 11) is -2.58. The number of sulfonamides is 1. The lowest BCUT2D eigenvalue weighted by Crippen LogP contribution is -2.13. The molecule has 2 rings (SSSR count). The fraction of sp³-hybridized carbons (Fsp3) is 0.0769. The van der Waals surface area contributed by atoms with Crippen molar-refractivity contribution in [1.29, 1.82) is 0 Å². The Morgan fingerprint density at radius 3 is 2.45 bits per heavy atom. The third-order valence-corrected chi connectivity index (χ3v) is 3.95. The minimum atomic E-state index is -3.82. The molecular formula is C13H12FNO4S. The molecule has 0 unspecified atom stereocenters. The number of benzene rings is 2. The van der Waals surface area contributed by atoms with Gasteiger partial charge in [-0.2, -0.15) is 0 Å². The van der Waals surface area contributed by atoms with Crippen LogP contribution in [-0.4, -0.2) is 20.6 Å². The minimum Gasteiger partial charge on any atom is -0.502 e. The normalized spacial score (nSPS) is 11.1. The molecule has 20 heavy (non-hydrogen) atoms. The quantitative estimate of drug-likeness (QED) is 0.849. The number of hydrogen-bond acceptors (Lipinski definition) is 4. The van der Waals surface area contributed by atoms with Crippen LogP contribution >= 0.6 is 0 Å². The van der Waals surface area contributed by atoms with Gasteiger partial charge in [-0.15, -0.1) is 0 Å². The van der Waals surface area contributed by atoms with Crippen molar-refractivity contribution in [2.75, 3.05) is 11.8 Å². The maximum Gasteiger partial charge on any atom is 0.261 e. The lowest BCUT2D eigenvalue weighted by Gasteiger charge is -2.11. The number of halogens is 1. The first-order valence-electron chi connectivity index (χ1n) is 5.58. The smallest absolute Gasteiger partial charge is 0.261 e. The highest BCUT2D eigenvalue weighted by Crippen LogP contribution is 2.33. The zero-order valence-corrected chi connectivity index (χ0v) is 11.3. The Hall–Kier alpha value is -2.28. The first-order chi connectivity index (χ1) is 9.44. The number of phenolic OH excluding ortho intramolecular Hbond substituents is 1. The SMILES string of the molecule is COc1cc(NS(=O)(=O)c2ccccc2)cc(F)c1O. The third kappa shape index (κ3) is 2.83. The summed E-state index contributed by atoms with van der Waals surface area (Å²) in [5, 5.41) is 9.36. The van der Waals surface area contributed by atoms with Gasteiger partial charge in [0.2, 0.25) is 0 Å². The number of ether oxygens (including phenoxy) is 1. The molecule has 0 aliphatic carbocycles. The molecule has 0 spiro atoms. The van der Waals surface area contributed by atoms with E-state index in [0.29, 0.717) is 0 Å². The molecule has 5 nitrogen and oxygen atoms in total. The molecule has 0 bridgehead atoms. The fourth-order valence-electron chi connectivity index (χ4n) is 1.60. The number of anilines is 1. The first-order valence-corrected chi connectivity index (χ1v) is 7.07.